The van der Waals surface area contributed by atoms with Crippen LogP contribution in [0.5, 0.6) is 0 Å². The maximum absolute atomic E-state index is 13.7. The summed E-state index contributed by atoms with van der Waals surface area (Å²) in [7, 11) is 1.57. The quantitative estimate of drug-likeness (QED) is 0.881. The van der Waals surface area contributed by atoms with Gasteiger partial charge in [-0.25, -0.2) is 13.2 Å². The molecule has 2 rings (SSSR count). The molecular weight excluding hydrogens is 239 g/mol. The minimum absolute atomic E-state index is 0.0857. The second-order valence-corrected chi connectivity index (χ2v) is 3.89. The summed E-state index contributed by atoms with van der Waals surface area (Å²) in [6.45, 7) is 0. The van der Waals surface area contributed by atoms with Gasteiger partial charge in [0.1, 0.15) is 5.82 Å². The number of nitrogens with one attached hydrogen (secondary N) is 1. The van der Waals surface area contributed by atoms with Crippen LogP contribution in [0.1, 0.15) is 17.2 Å². The van der Waals surface area contributed by atoms with Gasteiger partial charge < -0.3 is 5.32 Å². The summed E-state index contributed by atoms with van der Waals surface area (Å²) >= 11 is 0. The van der Waals surface area contributed by atoms with E-state index in [-0.39, 0.29) is 11.1 Å². The van der Waals surface area contributed by atoms with Crippen LogP contribution < -0.4 is 5.32 Å². The largest absolute Gasteiger partial charge is 0.309 e. The Labute approximate surface area is 103 Å². The first kappa shape index (κ1) is 12.6. The van der Waals surface area contributed by atoms with Gasteiger partial charge in [0.05, 0.1) is 6.04 Å². The second kappa shape index (κ2) is 5.23. The lowest BCUT2D eigenvalue weighted by atomic mass is 9.98. The van der Waals surface area contributed by atoms with E-state index in [0.29, 0.717) is 0 Å². The molecule has 0 spiro atoms. The van der Waals surface area contributed by atoms with E-state index >= 15 is 0 Å². The predicted molar refractivity (Wildman–Crippen MR) is 63.7 cm³/mol. The van der Waals surface area contributed by atoms with Crippen LogP contribution in [0.2, 0.25) is 0 Å². The van der Waals surface area contributed by atoms with E-state index in [1.807, 2.05) is 0 Å². The summed E-state index contributed by atoms with van der Waals surface area (Å²) in [6.07, 6.45) is 0. The van der Waals surface area contributed by atoms with Gasteiger partial charge >= 0.3 is 0 Å². The molecule has 0 bridgehead atoms. The molecular formula is C14H12F3N. The van der Waals surface area contributed by atoms with Gasteiger partial charge in [-0.3, -0.25) is 0 Å². The van der Waals surface area contributed by atoms with Crippen LogP contribution in [-0.4, -0.2) is 7.05 Å². The number of benzene rings is 2. The molecule has 18 heavy (non-hydrogen) atoms. The Morgan fingerprint density at radius 2 is 1.44 bits per heavy atom. The zero-order valence-corrected chi connectivity index (χ0v) is 9.75. The smallest absolute Gasteiger partial charge is 0.163 e. The molecule has 0 radical (unpaired) electrons. The molecule has 4 heteroatoms. The Balaban J connectivity index is 2.53. The molecule has 94 valence electrons. The highest BCUT2D eigenvalue weighted by atomic mass is 19.2. The van der Waals surface area contributed by atoms with E-state index in [9.17, 15) is 13.2 Å². The first-order chi connectivity index (χ1) is 8.65. The summed E-state index contributed by atoms with van der Waals surface area (Å²) < 4.78 is 40.6. The highest BCUT2D eigenvalue weighted by Crippen LogP contribution is 2.26. The lowest BCUT2D eigenvalue weighted by Crippen LogP contribution is -2.20. The summed E-state index contributed by atoms with van der Waals surface area (Å²) in [6, 6.07) is 9.19. The molecule has 0 saturated carbocycles. The van der Waals surface area contributed by atoms with E-state index in [1.165, 1.54) is 18.2 Å². The maximum Gasteiger partial charge on any atom is 0.163 e. The number of hydrogen-bond donors (Lipinski definition) is 1. The highest BCUT2D eigenvalue weighted by Gasteiger charge is 2.20. The molecule has 0 aliphatic rings. The molecule has 0 heterocycles. The standard InChI is InChI=1S/C14H12F3N/c1-18-14(9-5-2-3-7-11(9)15)10-6-4-8-12(16)13(10)17/h2-8,14,18H,1H3. The van der Waals surface area contributed by atoms with Gasteiger partial charge in [-0.05, 0) is 19.2 Å². The lowest BCUT2D eigenvalue weighted by molar-refractivity contribution is 0.482. The first-order valence-corrected chi connectivity index (χ1v) is 5.50. The third-order valence-corrected chi connectivity index (χ3v) is 2.80. The summed E-state index contributed by atoms with van der Waals surface area (Å²) in [5, 5.41) is 2.80. The van der Waals surface area contributed by atoms with E-state index in [1.54, 1.807) is 25.2 Å². The molecule has 1 unspecified atom stereocenters. The van der Waals surface area contributed by atoms with E-state index in [0.717, 1.165) is 6.07 Å². The molecule has 1 nitrogen and oxygen atoms in total. The fourth-order valence-corrected chi connectivity index (χ4v) is 1.93. The van der Waals surface area contributed by atoms with Crippen molar-refractivity contribution in [3.05, 3.63) is 71.0 Å². The Kier molecular flexibility index (Phi) is 3.67. The van der Waals surface area contributed by atoms with Gasteiger partial charge in [0.2, 0.25) is 0 Å². The maximum atomic E-state index is 13.7. The number of rotatable bonds is 3. The summed E-state index contributed by atoms with van der Waals surface area (Å²) in [5.74, 6) is -2.36. The molecule has 0 aliphatic heterocycles. The average molecular weight is 251 g/mol. The number of hydrogen-bond acceptors (Lipinski definition) is 1. The molecule has 0 fully saturated rings. The van der Waals surface area contributed by atoms with Crippen molar-refractivity contribution in [2.45, 2.75) is 6.04 Å². The normalized spacial score (nSPS) is 12.4. The third kappa shape index (κ3) is 2.24. The van der Waals surface area contributed by atoms with Gasteiger partial charge in [0.25, 0.3) is 0 Å². The minimum Gasteiger partial charge on any atom is -0.309 e. The molecule has 0 amide bonds. The van der Waals surface area contributed by atoms with Gasteiger partial charge in [-0.15, -0.1) is 0 Å². The topological polar surface area (TPSA) is 12.0 Å². The van der Waals surface area contributed by atoms with Crippen LogP contribution in [0.4, 0.5) is 13.2 Å². The van der Waals surface area contributed by atoms with Crippen molar-refractivity contribution >= 4 is 0 Å². The first-order valence-electron chi connectivity index (χ1n) is 5.50. The van der Waals surface area contributed by atoms with Crippen molar-refractivity contribution < 1.29 is 13.2 Å². The van der Waals surface area contributed by atoms with Crippen molar-refractivity contribution in [2.75, 3.05) is 7.05 Å². The van der Waals surface area contributed by atoms with Crippen LogP contribution >= 0.6 is 0 Å². The monoisotopic (exact) mass is 251 g/mol. The molecule has 2 aromatic rings. The Hall–Kier alpha value is -1.81. The van der Waals surface area contributed by atoms with Crippen LogP contribution in [0.25, 0.3) is 0 Å². The van der Waals surface area contributed by atoms with E-state index in [2.05, 4.69) is 5.32 Å². The second-order valence-electron chi connectivity index (χ2n) is 3.89. The molecule has 0 aliphatic carbocycles. The van der Waals surface area contributed by atoms with Gasteiger partial charge in [0.15, 0.2) is 11.6 Å². The van der Waals surface area contributed by atoms with Crippen molar-refractivity contribution in [3.63, 3.8) is 0 Å². The van der Waals surface area contributed by atoms with E-state index < -0.39 is 23.5 Å². The van der Waals surface area contributed by atoms with Gasteiger partial charge in [-0.1, -0.05) is 30.3 Å². The fraction of sp³-hybridized carbons (Fsp3) is 0.143. The van der Waals surface area contributed by atoms with Crippen molar-refractivity contribution in [1.82, 2.24) is 5.32 Å². The van der Waals surface area contributed by atoms with Crippen molar-refractivity contribution in [2.24, 2.45) is 0 Å². The molecule has 0 saturated heterocycles. The van der Waals surface area contributed by atoms with E-state index in [4.69, 9.17) is 0 Å². The summed E-state index contributed by atoms with van der Waals surface area (Å²) in [5.41, 5.74) is 0.368. The highest BCUT2D eigenvalue weighted by molar-refractivity contribution is 5.33. The van der Waals surface area contributed by atoms with Crippen LogP contribution in [0.3, 0.4) is 0 Å². The summed E-state index contributed by atoms with van der Waals surface area (Å²) in [4.78, 5) is 0. The minimum atomic E-state index is -0.958. The molecule has 0 aromatic heterocycles. The molecule has 1 atom stereocenters. The zero-order valence-electron chi connectivity index (χ0n) is 9.75. The van der Waals surface area contributed by atoms with Gasteiger partial charge in [-0.2, -0.15) is 0 Å². The van der Waals surface area contributed by atoms with Crippen molar-refractivity contribution in [1.29, 1.82) is 0 Å². The zero-order chi connectivity index (χ0) is 13.1. The Morgan fingerprint density at radius 1 is 0.833 bits per heavy atom. The molecule has 2 aromatic carbocycles. The average Bonchev–Trinajstić information content (AvgIpc) is 2.37. The van der Waals surface area contributed by atoms with Gasteiger partial charge in [0, 0.05) is 11.1 Å². The SMILES string of the molecule is CNC(c1ccccc1F)c1cccc(F)c1F. The Bertz CT molecular complexity index is 554. The lowest BCUT2D eigenvalue weighted by Gasteiger charge is -2.18. The Morgan fingerprint density at radius 3 is 2.11 bits per heavy atom. The third-order valence-electron chi connectivity index (χ3n) is 2.80. The van der Waals surface area contributed by atoms with Crippen molar-refractivity contribution in [3.8, 4) is 0 Å². The number of halogens is 3. The van der Waals surface area contributed by atoms with Crippen LogP contribution in [0.15, 0.2) is 42.5 Å². The molecule has 1 N–H and O–H groups in total. The van der Waals surface area contributed by atoms with Crippen LogP contribution in [-0.2, 0) is 0 Å². The van der Waals surface area contributed by atoms with Crippen LogP contribution in [0, 0.1) is 17.5 Å². The predicted octanol–water partition coefficient (Wildman–Crippen LogP) is 3.41. The fourth-order valence-electron chi connectivity index (χ4n) is 1.93.